The van der Waals surface area contributed by atoms with E-state index in [1.807, 2.05) is 31.2 Å². The average molecular weight is 307 g/mol. The molecule has 0 bridgehead atoms. The van der Waals surface area contributed by atoms with Crippen molar-refractivity contribution in [2.24, 2.45) is 0 Å². The number of aryl methyl sites for hydroxylation is 1. The van der Waals surface area contributed by atoms with E-state index in [1.54, 1.807) is 11.8 Å². The summed E-state index contributed by atoms with van der Waals surface area (Å²) >= 11 is 3.10. The number of carbonyl (C=O) groups excluding carboxylic acids is 1. The molecule has 1 aromatic heterocycles. The predicted octanol–water partition coefficient (Wildman–Crippen LogP) is 3.99. The Balaban J connectivity index is 1.92. The fraction of sp³-hybridized carbons (Fsp3) is 0.357. The minimum Gasteiger partial charge on any atom is -0.296 e. The van der Waals surface area contributed by atoms with Gasteiger partial charge >= 0.3 is 0 Å². The van der Waals surface area contributed by atoms with E-state index < -0.39 is 0 Å². The lowest BCUT2D eigenvalue weighted by molar-refractivity contribution is 0.102. The molecule has 1 N–H and O–H groups in total. The number of hydrogen-bond donors (Lipinski definition) is 1. The van der Waals surface area contributed by atoms with Crippen molar-refractivity contribution < 1.29 is 4.79 Å². The first-order chi connectivity index (χ1) is 9.69. The second-order valence-electron chi connectivity index (χ2n) is 4.40. The van der Waals surface area contributed by atoms with Gasteiger partial charge in [0.1, 0.15) is 0 Å². The van der Waals surface area contributed by atoms with Crippen LogP contribution in [0.4, 0.5) is 5.13 Å². The minimum atomic E-state index is -0.147. The lowest BCUT2D eigenvalue weighted by atomic mass is 10.1. The van der Waals surface area contributed by atoms with Gasteiger partial charge in [-0.15, -0.1) is 10.2 Å². The molecule has 2 aromatic rings. The molecule has 6 heteroatoms. The minimum absolute atomic E-state index is 0.147. The first-order valence-corrected chi connectivity index (χ1v) is 8.33. The molecule has 20 heavy (non-hydrogen) atoms. The molecule has 0 radical (unpaired) electrons. The van der Waals surface area contributed by atoms with Gasteiger partial charge in [-0.3, -0.25) is 10.1 Å². The number of hydrogen-bond acceptors (Lipinski definition) is 5. The van der Waals surface area contributed by atoms with Crippen LogP contribution < -0.4 is 5.32 Å². The van der Waals surface area contributed by atoms with E-state index in [2.05, 4.69) is 22.4 Å². The van der Waals surface area contributed by atoms with Gasteiger partial charge in [0.05, 0.1) is 0 Å². The molecule has 1 aromatic carbocycles. The summed E-state index contributed by atoms with van der Waals surface area (Å²) in [7, 11) is 0. The lowest BCUT2D eigenvalue weighted by Gasteiger charge is -2.01. The van der Waals surface area contributed by atoms with Crippen LogP contribution in [0.3, 0.4) is 0 Å². The topological polar surface area (TPSA) is 54.9 Å². The SMILES string of the molecule is CCCCSc1nnc(NC(=O)c2ccc(C)cc2)s1. The molecular formula is C14H17N3OS2. The zero-order chi connectivity index (χ0) is 14.4. The fourth-order valence-electron chi connectivity index (χ4n) is 1.50. The molecule has 0 saturated heterocycles. The maximum Gasteiger partial charge on any atom is 0.257 e. The number of nitrogens with one attached hydrogen (secondary N) is 1. The summed E-state index contributed by atoms with van der Waals surface area (Å²) in [6.07, 6.45) is 2.33. The largest absolute Gasteiger partial charge is 0.296 e. The van der Waals surface area contributed by atoms with Gasteiger partial charge in [-0.2, -0.15) is 0 Å². The summed E-state index contributed by atoms with van der Waals surface area (Å²) < 4.78 is 0.901. The van der Waals surface area contributed by atoms with Gasteiger partial charge in [0, 0.05) is 11.3 Å². The van der Waals surface area contributed by atoms with E-state index in [-0.39, 0.29) is 5.91 Å². The van der Waals surface area contributed by atoms with Crippen molar-refractivity contribution in [3.8, 4) is 0 Å². The predicted molar refractivity (Wildman–Crippen MR) is 84.7 cm³/mol. The van der Waals surface area contributed by atoms with Crippen LogP contribution in [-0.4, -0.2) is 21.9 Å². The van der Waals surface area contributed by atoms with Gasteiger partial charge in [0.2, 0.25) is 5.13 Å². The third kappa shape index (κ3) is 4.31. The van der Waals surface area contributed by atoms with Crippen molar-refractivity contribution in [3.63, 3.8) is 0 Å². The van der Waals surface area contributed by atoms with Crippen LogP contribution in [0.5, 0.6) is 0 Å². The number of unbranched alkanes of at least 4 members (excludes halogenated alkanes) is 1. The first kappa shape index (κ1) is 15.0. The number of aromatic nitrogens is 2. The van der Waals surface area contributed by atoms with Gasteiger partial charge in [0.25, 0.3) is 5.91 Å². The molecule has 106 valence electrons. The third-order valence-electron chi connectivity index (χ3n) is 2.66. The number of benzene rings is 1. The molecule has 1 amide bonds. The van der Waals surface area contributed by atoms with E-state index in [0.717, 1.165) is 22.1 Å². The molecule has 0 atom stereocenters. The molecule has 0 spiro atoms. The molecule has 0 unspecified atom stereocenters. The normalized spacial score (nSPS) is 10.5. The molecule has 0 aliphatic carbocycles. The van der Waals surface area contributed by atoms with E-state index in [4.69, 9.17) is 0 Å². The number of thioether (sulfide) groups is 1. The summed E-state index contributed by atoms with van der Waals surface area (Å²) in [6, 6.07) is 7.45. The van der Waals surface area contributed by atoms with Crippen molar-refractivity contribution >= 4 is 34.1 Å². The summed E-state index contributed by atoms with van der Waals surface area (Å²) in [6.45, 7) is 4.15. The second-order valence-corrected chi connectivity index (χ2v) is 6.71. The summed E-state index contributed by atoms with van der Waals surface area (Å²) in [5.74, 6) is 0.892. The highest BCUT2D eigenvalue weighted by Gasteiger charge is 2.10. The molecule has 2 rings (SSSR count). The van der Waals surface area contributed by atoms with E-state index in [0.29, 0.717) is 10.7 Å². The number of anilines is 1. The Hall–Kier alpha value is -1.40. The van der Waals surface area contributed by atoms with Crippen molar-refractivity contribution in [1.82, 2.24) is 10.2 Å². The highest BCUT2D eigenvalue weighted by Crippen LogP contribution is 2.26. The number of amides is 1. The first-order valence-electron chi connectivity index (χ1n) is 6.53. The Bertz CT molecular complexity index is 566. The maximum absolute atomic E-state index is 12.0. The smallest absolute Gasteiger partial charge is 0.257 e. The van der Waals surface area contributed by atoms with E-state index in [9.17, 15) is 4.79 Å². The van der Waals surface area contributed by atoms with Gasteiger partial charge in [-0.25, -0.2) is 0 Å². The van der Waals surface area contributed by atoms with Crippen molar-refractivity contribution in [2.45, 2.75) is 31.0 Å². The van der Waals surface area contributed by atoms with Crippen LogP contribution in [-0.2, 0) is 0 Å². The summed E-state index contributed by atoms with van der Waals surface area (Å²) in [5, 5.41) is 11.4. The van der Waals surface area contributed by atoms with Crippen LogP contribution in [0.25, 0.3) is 0 Å². The molecular weight excluding hydrogens is 290 g/mol. The highest BCUT2D eigenvalue weighted by atomic mass is 32.2. The van der Waals surface area contributed by atoms with Crippen molar-refractivity contribution in [3.05, 3.63) is 35.4 Å². The van der Waals surface area contributed by atoms with Crippen LogP contribution in [0.15, 0.2) is 28.6 Å². The van der Waals surface area contributed by atoms with Gasteiger partial charge in [-0.05, 0) is 25.5 Å². The van der Waals surface area contributed by atoms with Gasteiger partial charge in [-0.1, -0.05) is 54.1 Å². The molecule has 0 aliphatic rings. The van der Waals surface area contributed by atoms with Crippen LogP contribution in [0, 0.1) is 6.92 Å². The summed E-state index contributed by atoms with van der Waals surface area (Å²) in [5.41, 5.74) is 1.76. The molecule has 0 saturated carbocycles. The molecule has 4 nitrogen and oxygen atoms in total. The molecule has 0 fully saturated rings. The van der Waals surface area contributed by atoms with Crippen LogP contribution in [0.2, 0.25) is 0 Å². The Morgan fingerprint density at radius 2 is 2.05 bits per heavy atom. The van der Waals surface area contributed by atoms with Crippen molar-refractivity contribution in [2.75, 3.05) is 11.1 Å². The zero-order valence-corrected chi connectivity index (χ0v) is 13.2. The molecule has 0 aliphatic heterocycles. The second kappa shape index (κ2) is 7.40. The maximum atomic E-state index is 12.0. The van der Waals surface area contributed by atoms with Crippen LogP contribution in [0.1, 0.15) is 35.7 Å². The number of nitrogens with zero attached hydrogens (tertiary/aromatic N) is 2. The highest BCUT2D eigenvalue weighted by molar-refractivity contribution is 8.01. The van der Waals surface area contributed by atoms with Crippen LogP contribution >= 0.6 is 23.1 Å². The quantitative estimate of drug-likeness (QED) is 0.498. The Kier molecular flexibility index (Phi) is 5.55. The van der Waals surface area contributed by atoms with E-state index in [1.165, 1.54) is 17.8 Å². The monoisotopic (exact) mass is 307 g/mol. The zero-order valence-electron chi connectivity index (χ0n) is 11.5. The standard InChI is InChI=1S/C14H17N3OS2/c1-3-4-9-19-14-17-16-13(20-14)15-12(18)11-7-5-10(2)6-8-11/h5-8H,3-4,9H2,1-2H3,(H,15,16,18). The summed E-state index contributed by atoms with van der Waals surface area (Å²) in [4.78, 5) is 12.0. The van der Waals surface area contributed by atoms with Gasteiger partial charge < -0.3 is 0 Å². The van der Waals surface area contributed by atoms with Gasteiger partial charge in [0.15, 0.2) is 4.34 Å². The lowest BCUT2D eigenvalue weighted by Crippen LogP contribution is -2.11. The number of carbonyl (C=O) groups is 1. The molecule has 1 heterocycles. The number of rotatable bonds is 6. The Labute approximate surface area is 127 Å². The average Bonchev–Trinajstić information content (AvgIpc) is 2.87. The van der Waals surface area contributed by atoms with Crippen molar-refractivity contribution in [1.29, 1.82) is 0 Å². The Morgan fingerprint density at radius 3 is 2.75 bits per heavy atom. The third-order valence-corrected chi connectivity index (χ3v) is 4.72. The Morgan fingerprint density at radius 1 is 1.30 bits per heavy atom. The van der Waals surface area contributed by atoms with E-state index >= 15 is 0 Å². The fourth-order valence-corrected chi connectivity index (χ4v) is 3.40.